The van der Waals surface area contributed by atoms with Crippen LogP contribution in [0.3, 0.4) is 0 Å². The standard InChI is InChI=1S/C21H22N2O3/c1-3-16(21(24)25-2)17-11-7-8-12-18(17)20(15-9-5-4-6-10-15)26-19-13-14-22-23-19/h3-12,20,22H,13-14H2,1-2H3. The molecule has 1 N–H and O–H groups in total. The van der Waals surface area contributed by atoms with E-state index >= 15 is 0 Å². The predicted octanol–water partition coefficient (Wildman–Crippen LogP) is 3.68. The number of benzene rings is 2. The molecule has 0 aliphatic carbocycles. The van der Waals surface area contributed by atoms with Crippen molar-refractivity contribution < 1.29 is 14.3 Å². The zero-order valence-corrected chi connectivity index (χ0v) is 14.9. The second-order valence-corrected chi connectivity index (χ2v) is 5.85. The van der Waals surface area contributed by atoms with Gasteiger partial charge in [-0.2, -0.15) is 0 Å². The zero-order chi connectivity index (χ0) is 18.4. The molecule has 0 saturated carbocycles. The Morgan fingerprint density at radius 2 is 1.88 bits per heavy atom. The van der Waals surface area contributed by atoms with Crippen molar-refractivity contribution >= 4 is 17.4 Å². The summed E-state index contributed by atoms with van der Waals surface area (Å²) in [7, 11) is 1.39. The van der Waals surface area contributed by atoms with Crippen LogP contribution in [0.4, 0.5) is 0 Å². The second kappa shape index (κ2) is 8.34. The SMILES string of the molecule is CC=C(C(=O)OC)c1ccccc1C(OC1=NNCC1)c1ccccc1. The highest BCUT2D eigenvalue weighted by Gasteiger charge is 2.25. The molecule has 5 nitrogen and oxygen atoms in total. The van der Waals surface area contributed by atoms with E-state index < -0.39 is 0 Å². The Balaban J connectivity index is 2.08. The van der Waals surface area contributed by atoms with Crippen LogP contribution in [0, 0.1) is 0 Å². The summed E-state index contributed by atoms with van der Waals surface area (Å²) in [5, 5.41) is 4.21. The number of ether oxygens (including phenoxy) is 2. The Morgan fingerprint density at radius 3 is 2.54 bits per heavy atom. The Morgan fingerprint density at radius 1 is 1.15 bits per heavy atom. The Kier molecular flexibility index (Phi) is 5.69. The van der Waals surface area contributed by atoms with Gasteiger partial charge in [-0.25, -0.2) is 4.79 Å². The zero-order valence-electron chi connectivity index (χ0n) is 14.9. The van der Waals surface area contributed by atoms with Crippen molar-refractivity contribution in [2.75, 3.05) is 13.7 Å². The molecule has 1 atom stereocenters. The molecule has 0 saturated heterocycles. The number of carbonyl (C=O) groups excluding carboxylic acids is 1. The Bertz CT molecular complexity index is 828. The van der Waals surface area contributed by atoms with Gasteiger partial charge in [0.25, 0.3) is 0 Å². The maximum Gasteiger partial charge on any atom is 0.338 e. The minimum atomic E-state index is -0.370. The van der Waals surface area contributed by atoms with E-state index in [2.05, 4.69) is 10.5 Å². The van der Waals surface area contributed by atoms with E-state index in [0.29, 0.717) is 11.5 Å². The summed E-state index contributed by atoms with van der Waals surface area (Å²) < 4.78 is 11.2. The number of esters is 1. The quantitative estimate of drug-likeness (QED) is 0.660. The average Bonchev–Trinajstić information content (AvgIpc) is 3.21. The summed E-state index contributed by atoms with van der Waals surface area (Å²) in [4.78, 5) is 12.2. The fourth-order valence-corrected chi connectivity index (χ4v) is 2.99. The molecule has 0 radical (unpaired) electrons. The third-order valence-corrected chi connectivity index (χ3v) is 4.24. The number of hydrogen-bond acceptors (Lipinski definition) is 5. The second-order valence-electron chi connectivity index (χ2n) is 5.85. The highest BCUT2D eigenvalue weighted by atomic mass is 16.5. The lowest BCUT2D eigenvalue weighted by atomic mass is 9.92. The van der Waals surface area contributed by atoms with Crippen molar-refractivity contribution in [3.8, 4) is 0 Å². The molecule has 0 aromatic heterocycles. The van der Waals surface area contributed by atoms with E-state index in [-0.39, 0.29) is 12.1 Å². The number of hydrogen-bond donors (Lipinski definition) is 1. The van der Waals surface area contributed by atoms with Crippen molar-refractivity contribution in [2.24, 2.45) is 5.10 Å². The largest absolute Gasteiger partial charge is 0.467 e. The van der Waals surface area contributed by atoms with Crippen LogP contribution in [0.25, 0.3) is 5.57 Å². The normalized spacial score (nSPS) is 15.0. The molecular formula is C21H22N2O3. The van der Waals surface area contributed by atoms with Gasteiger partial charge in [0.15, 0.2) is 6.10 Å². The lowest BCUT2D eigenvalue weighted by Crippen LogP contribution is -2.15. The predicted molar refractivity (Wildman–Crippen MR) is 102 cm³/mol. The maximum absolute atomic E-state index is 12.2. The first-order chi connectivity index (χ1) is 12.7. The van der Waals surface area contributed by atoms with Crippen LogP contribution in [0.2, 0.25) is 0 Å². The van der Waals surface area contributed by atoms with E-state index in [1.807, 2.05) is 61.5 Å². The third kappa shape index (κ3) is 3.77. The Hall–Kier alpha value is -3.08. The fourth-order valence-electron chi connectivity index (χ4n) is 2.99. The molecule has 2 aromatic rings. The number of nitrogens with zero attached hydrogens (tertiary/aromatic N) is 1. The van der Waals surface area contributed by atoms with Gasteiger partial charge in [0.05, 0.1) is 12.7 Å². The first kappa shape index (κ1) is 17.7. The van der Waals surface area contributed by atoms with Crippen molar-refractivity contribution in [3.63, 3.8) is 0 Å². The van der Waals surface area contributed by atoms with Gasteiger partial charge in [-0.3, -0.25) is 0 Å². The minimum absolute atomic E-state index is 0.369. The van der Waals surface area contributed by atoms with Gasteiger partial charge in [-0.15, -0.1) is 5.10 Å². The summed E-state index contributed by atoms with van der Waals surface area (Å²) in [6.45, 7) is 2.59. The first-order valence-electron chi connectivity index (χ1n) is 8.59. The van der Waals surface area contributed by atoms with Crippen LogP contribution < -0.4 is 5.43 Å². The molecule has 5 heteroatoms. The van der Waals surface area contributed by atoms with Crippen LogP contribution in [-0.2, 0) is 14.3 Å². The fraction of sp³-hybridized carbons (Fsp3) is 0.238. The van der Waals surface area contributed by atoms with Crippen LogP contribution in [0.1, 0.15) is 36.1 Å². The van der Waals surface area contributed by atoms with Crippen LogP contribution >= 0.6 is 0 Å². The highest BCUT2D eigenvalue weighted by molar-refractivity contribution is 6.16. The smallest absolute Gasteiger partial charge is 0.338 e. The molecule has 26 heavy (non-hydrogen) atoms. The van der Waals surface area contributed by atoms with Gasteiger partial charge >= 0.3 is 5.97 Å². The summed E-state index contributed by atoms with van der Waals surface area (Å²) in [6.07, 6.45) is 2.13. The molecule has 0 amide bonds. The topological polar surface area (TPSA) is 59.9 Å². The number of allylic oxidation sites excluding steroid dienone is 1. The number of methoxy groups -OCH3 is 1. The lowest BCUT2D eigenvalue weighted by molar-refractivity contribution is -0.133. The monoisotopic (exact) mass is 350 g/mol. The molecule has 2 aromatic carbocycles. The molecule has 1 heterocycles. The molecule has 0 fully saturated rings. The van der Waals surface area contributed by atoms with E-state index in [1.165, 1.54) is 7.11 Å². The van der Waals surface area contributed by atoms with Crippen LogP contribution in [0.15, 0.2) is 65.8 Å². The van der Waals surface area contributed by atoms with Crippen molar-refractivity contribution in [2.45, 2.75) is 19.4 Å². The Labute approximate surface area is 153 Å². The van der Waals surface area contributed by atoms with Gasteiger partial charge in [-0.05, 0) is 18.1 Å². The first-order valence-corrected chi connectivity index (χ1v) is 8.59. The van der Waals surface area contributed by atoms with Crippen molar-refractivity contribution in [3.05, 3.63) is 77.4 Å². The van der Waals surface area contributed by atoms with E-state index in [1.54, 1.807) is 6.08 Å². The third-order valence-electron chi connectivity index (χ3n) is 4.24. The number of carbonyl (C=O) groups is 1. The summed E-state index contributed by atoms with van der Waals surface area (Å²) in [5.74, 6) is 0.292. The summed E-state index contributed by atoms with van der Waals surface area (Å²) >= 11 is 0. The van der Waals surface area contributed by atoms with Gasteiger partial charge in [0.1, 0.15) is 0 Å². The molecule has 0 bridgehead atoms. The van der Waals surface area contributed by atoms with Crippen molar-refractivity contribution in [1.29, 1.82) is 0 Å². The van der Waals surface area contributed by atoms with Crippen LogP contribution in [-0.4, -0.2) is 25.5 Å². The summed E-state index contributed by atoms with van der Waals surface area (Å²) in [5.41, 5.74) is 6.13. The van der Waals surface area contributed by atoms with E-state index in [0.717, 1.165) is 29.7 Å². The summed E-state index contributed by atoms with van der Waals surface area (Å²) in [6, 6.07) is 17.7. The number of nitrogens with one attached hydrogen (secondary N) is 1. The molecule has 1 unspecified atom stereocenters. The molecule has 1 aliphatic rings. The average molecular weight is 350 g/mol. The minimum Gasteiger partial charge on any atom is -0.467 e. The van der Waals surface area contributed by atoms with Crippen LogP contribution in [0.5, 0.6) is 0 Å². The van der Waals surface area contributed by atoms with Crippen molar-refractivity contribution in [1.82, 2.24) is 5.43 Å². The molecule has 0 spiro atoms. The van der Waals surface area contributed by atoms with Gasteiger partial charge < -0.3 is 14.9 Å². The van der Waals surface area contributed by atoms with E-state index in [4.69, 9.17) is 9.47 Å². The maximum atomic E-state index is 12.2. The van der Waals surface area contributed by atoms with Gasteiger partial charge in [0, 0.05) is 18.5 Å². The number of rotatable bonds is 5. The molecule has 1 aliphatic heterocycles. The highest BCUT2D eigenvalue weighted by Crippen LogP contribution is 2.33. The van der Waals surface area contributed by atoms with E-state index in [9.17, 15) is 4.79 Å². The molecular weight excluding hydrogens is 328 g/mol. The van der Waals surface area contributed by atoms with Gasteiger partial charge in [-0.1, -0.05) is 60.7 Å². The number of hydrazone groups is 1. The molecule has 3 rings (SSSR count). The van der Waals surface area contributed by atoms with Gasteiger partial charge in [0.2, 0.25) is 5.90 Å². The lowest BCUT2D eigenvalue weighted by Gasteiger charge is -2.22. The molecule has 134 valence electrons.